The monoisotopic (exact) mass is 612 g/mol. The van der Waals surface area contributed by atoms with Gasteiger partial charge in [-0.3, -0.25) is 9.69 Å². The second kappa shape index (κ2) is 13.7. The summed E-state index contributed by atoms with van der Waals surface area (Å²) >= 11 is 0. The summed E-state index contributed by atoms with van der Waals surface area (Å²) < 4.78 is 14.2. The molecule has 4 aromatic rings. The summed E-state index contributed by atoms with van der Waals surface area (Å²) in [6.07, 6.45) is 4.91. The van der Waals surface area contributed by atoms with E-state index in [-0.39, 0.29) is 36.0 Å². The van der Waals surface area contributed by atoms with E-state index in [1.54, 1.807) is 27.3 Å². The number of fused-ring (bicyclic) bond motifs is 1. The van der Waals surface area contributed by atoms with Crippen LogP contribution in [0, 0.1) is 17.8 Å². The van der Waals surface area contributed by atoms with E-state index < -0.39 is 12.1 Å². The summed E-state index contributed by atoms with van der Waals surface area (Å²) in [5, 5.41) is 5.73. The lowest BCUT2D eigenvalue weighted by molar-refractivity contribution is -0.124. The Morgan fingerprint density at radius 2 is 1.64 bits per heavy atom. The number of carbonyl (C=O) groups excluding carboxylic acids is 3. The van der Waals surface area contributed by atoms with Crippen molar-refractivity contribution in [3.05, 3.63) is 66.4 Å². The molecule has 2 aromatic heterocycles. The fraction of sp³-hybridized carbons (Fsp3) is 0.444. The number of carbonyl (C=O) groups is 3. The first-order valence-electron chi connectivity index (χ1n) is 16.1. The molecule has 0 atom stereocenters. The van der Waals surface area contributed by atoms with Crippen molar-refractivity contribution >= 4 is 34.7 Å². The van der Waals surface area contributed by atoms with Gasteiger partial charge in [-0.25, -0.2) is 18.8 Å². The average Bonchev–Trinajstić information content (AvgIpc) is 3.63. The zero-order valence-electron chi connectivity index (χ0n) is 27.2. The number of rotatable bonds is 9. The van der Waals surface area contributed by atoms with Gasteiger partial charge in [-0.2, -0.15) is 0 Å². The number of para-hydroxylation sites is 1. The van der Waals surface area contributed by atoms with Crippen LogP contribution < -0.4 is 4.90 Å². The van der Waals surface area contributed by atoms with E-state index in [1.165, 1.54) is 0 Å². The van der Waals surface area contributed by atoms with Gasteiger partial charge < -0.3 is 9.47 Å². The zero-order valence-corrected chi connectivity index (χ0v) is 27.2. The topological polar surface area (TPSA) is 95.7 Å². The van der Waals surface area contributed by atoms with Crippen LogP contribution in [0.15, 0.2) is 60.8 Å². The molecule has 45 heavy (non-hydrogen) atoms. The summed E-state index contributed by atoms with van der Waals surface area (Å²) in [5.74, 6) is 0.526. The number of nitrogens with zero attached hydrogens (tertiary/aromatic N) is 4. The van der Waals surface area contributed by atoms with Gasteiger partial charge in [0.15, 0.2) is 5.82 Å². The summed E-state index contributed by atoms with van der Waals surface area (Å²) in [4.78, 5) is 41.9. The number of esters is 1. The molecule has 0 unspecified atom stereocenters. The molecule has 1 aliphatic carbocycles. The molecule has 1 amide bonds. The van der Waals surface area contributed by atoms with E-state index >= 15 is 0 Å². The van der Waals surface area contributed by atoms with Crippen LogP contribution in [-0.4, -0.2) is 51.6 Å². The Morgan fingerprint density at radius 3 is 2.29 bits per heavy atom. The van der Waals surface area contributed by atoms with Crippen molar-refractivity contribution in [1.82, 2.24) is 14.3 Å². The molecule has 2 heterocycles. The molecular formula is C36H44N4O5. The predicted octanol–water partition coefficient (Wildman–Crippen LogP) is 7.88. The van der Waals surface area contributed by atoms with E-state index in [9.17, 15) is 14.4 Å². The molecule has 0 aliphatic heterocycles. The van der Waals surface area contributed by atoms with Crippen LogP contribution in [0.4, 0.5) is 10.6 Å². The lowest BCUT2D eigenvalue weighted by Crippen LogP contribution is -2.43. The van der Waals surface area contributed by atoms with Gasteiger partial charge in [-0.15, -0.1) is 5.10 Å². The molecule has 0 saturated heterocycles. The standard InChI is InChI=1S/C36H44N4O5/c1-7-44-35(42)30-21-38(37-33(30)39(24(4)5)34(41)27-14-12-25(6)13-15-27)29-18-16-26(17-19-29)32-20-28-10-8-9-11-31(28)40(32)36(43)45-22-23(2)3/h8-11,16-21,23-25,27H,7,12-15,22H2,1-6H3. The molecular weight excluding hydrogens is 568 g/mol. The first-order valence-corrected chi connectivity index (χ1v) is 16.1. The first-order chi connectivity index (χ1) is 21.6. The van der Waals surface area contributed by atoms with E-state index in [0.29, 0.717) is 29.7 Å². The Morgan fingerprint density at radius 1 is 0.956 bits per heavy atom. The van der Waals surface area contributed by atoms with Crippen molar-refractivity contribution < 1.29 is 23.9 Å². The highest BCUT2D eigenvalue weighted by Crippen LogP contribution is 2.34. The third-order valence-electron chi connectivity index (χ3n) is 8.40. The van der Waals surface area contributed by atoms with Crippen molar-refractivity contribution in [2.45, 2.75) is 73.3 Å². The Labute approximate surface area is 265 Å². The van der Waals surface area contributed by atoms with Crippen LogP contribution in [-0.2, 0) is 14.3 Å². The highest BCUT2D eigenvalue weighted by molar-refractivity contribution is 6.02. The van der Waals surface area contributed by atoms with Crippen LogP contribution in [0.3, 0.4) is 0 Å². The van der Waals surface area contributed by atoms with Crippen LogP contribution in [0.2, 0.25) is 0 Å². The summed E-state index contributed by atoms with van der Waals surface area (Å²) in [6, 6.07) is 17.1. The normalized spacial score (nSPS) is 16.7. The quantitative estimate of drug-likeness (QED) is 0.179. The Hall–Kier alpha value is -4.40. The largest absolute Gasteiger partial charge is 0.462 e. The molecule has 2 aromatic carbocycles. The van der Waals surface area contributed by atoms with Crippen LogP contribution >= 0.6 is 0 Å². The summed E-state index contributed by atoms with van der Waals surface area (Å²) in [5.41, 5.74) is 3.25. The smallest absolute Gasteiger partial charge is 0.418 e. The maximum absolute atomic E-state index is 13.9. The minimum atomic E-state index is -0.518. The Bertz CT molecular complexity index is 1660. The maximum Gasteiger partial charge on any atom is 0.418 e. The fourth-order valence-electron chi connectivity index (χ4n) is 5.99. The molecule has 1 saturated carbocycles. The second-order valence-electron chi connectivity index (χ2n) is 12.7. The first kappa shape index (κ1) is 32.0. The van der Waals surface area contributed by atoms with Crippen molar-refractivity contribution in [2.75, 3.05) is 18.1 Å². The molecule has 1 aliphatic rings. The molecule has 9 heteroatoms. The number of amides is 1. The van der Waals surface area contributed by atoms with E-state index in [0.717, 1.165) is 42.1 Å². The van der Waals surface area contributed by atoms with E-state index in [4.69, 9.17) is 14.6 Å². The third kappa shape index (κ3) is 6.82. The number of benzene rings is 2. The molecule has 1 fully saturated rings. The molecule has 0 N–H and O–H groups in total. The highest BCUT2D eigenvalue weighted by Gasteiger charge is 2.34. The SMILES string of the molecule is CCOC(=O)c1cn(-c2ccc(-c3cc4ccccc4n3C(=O)OCC(C)C)cc2)nc1N(C(=O)C1CCC(C)CC1)C(C)C. The van der Waals surface area contributed by atoms with Crippen LogP contribution in [0.1, 0.15) is 77.6 Å². The third-order valence-corrected chi connectivity index (χ3v) is 8.40. The summed E-state index contributed by atoms with van der Waals surface area (Å²) in [7, 11) is 0. The van der Waals surface area contributed by atoms with Crippen molar-refractivity contribution in [1.29, 1.82) is 0 Å². The fourth-order valence-corrected chi connectivity index (χ4v) is 5.99. The van der Waals surface area contributed by atoms with Gasteiger partial charge in [0.25, 0.3) is 0 Å². The van der Waals surface area contributed by atoms with Gasteiger partial charge in [0.05, 0.1) is 30.1 Å². The second-order valence-corrected chi connectivity index (χ2v) is 12.7. The molecule has 5 rings (SSSR count). The summed E-state index contributed by atoms with van der Waals surface area (Å²) in [6.45, 7) is 12.4. The molecule has 0 spiro atoms. The van der Waals surface area contributed by atoms with E-state index in [2.05, 4.69) is 6.92 Å². The number of hydrogen-bond acceptors (Lipinski definition) is 6. The Balaban J connectivity index is 1.51. The van der Waals surface area contributed by atoms with Crippen molar-refractivity contribution in [3.8, 4) is 16.9 Å². The van der Waals surface area contributed by atoms with Crippen molar-refractivity contribution in [3.63, 3.8) is 0 Å². The molecule has 0 bridgehead atoms. The van der Waals surface area contributed by atoms with E-state index in [1.807, 2.05) is 82.3 Å². The van der Waals surface area contributed by atoms with Gasteiger partial charge in [-0.1, -0.05) is 51.1 Å². The van der Waals surface area contributed by atoms with Gasteiger partial charge in [0, 0.05) is 23.5 Å². The van der Waals surface area contributed by atoms with Gasteiger partial charge in [0.2, 0.25) is 5.91 Å². The number of aromatic nitrogens is 3. The number of hydrogen-bond donors (Lipinski definition) is 0. The molecule has 238 valence electrons. The predicted molar refractivity (Wildman–Crippen MR) is 176 cm³/mol. The van der Waals surface area contributed by atoms with Gasteiger partial charge in [-0.05, 0) is 88.1 Å². The molecule has 0 radical (unpaired) electrons. The zero-order chi connectivity index (χ0) is 32.2. The van der Waals surface area contributed by atoms with Crippen LogP contribution in [0.5, 0.6) is 0 Å². The average molecular weight is 613 g/mol. The minimum Gasteiger partial charge on any atom is -0.462 e. The molecule has 9 nitrogen and oxygen atoms in total. The minimum absolute atomic E-state index is 0.000211. The lowest BCUT2D eigenvalue weighted by atomic mass is 9.82. The highest BCUT2D eigenvalue weighted by atomic mass is 16.5. The maximum atomic E-state index is 13.9. The van der Waals surface area contributed by atoms with Crippen molar-refractivity contribution in [2.24, 2.45) is 17.8 Å². The number of anilines is 1. The number of ether oxygens (including phenoxy) is 2. The van der Waals surface area contributed by atoms with Crippen LogP contribution in [0.25, 0.3) is 27.8 Å². The lowest BCUT2D eigenvalue weighted by Gasteiger charge is -2.32. The Kier molecular flexibility index (Phi) is 9.75. The van der Waals surface area contributed by atoms with Gasteiger partial charge >= 0.3 is 12.1 Å². The van der Waals surface area contributed by atoms with Gasteiger partial charge in [0.1, 0.15) is 5.56 Å².